The normalized spacial score (nSPS) is 14.2. The number of methoxy groups -OCH3 is 1. The Morgan fingerprint density at radius 2 is 1.90 bits per heavy atom. The smallest absolute Gasteiger partial charge is 0.264 e. The van der Waals surface area contributed by atoms with Crippen molar-refractivity contribution in [3.05, 3.63) is 75.1 Å². The number of halogens is 1. The fraction of sp³-hybridized carbons (Fsp3) is 0.348. The molecule has 6 nitrogen and oxygen atoms in total. The van der Waals surface area contributed by atoms with Gasteiger partial charge in [-0.25, -0.2) is 14.4 Å². The number of anilines is 1. The van der Waals surface area contributed by atoms with E-state index in [1.54, 1.807) is 19.2 Å². The van der Waals surface area contributed by atoms with Gasteiger partial charge in [0, 0.05) is 45.3 Å². The number of piperazine rings is 1. The van der Waals surface area contributed by atoms with Crippen molar-refractivity contribution in [3.63, 3.8) is 0 Å². The Kier molecular flexibility index (Phi) is 6.58. The summed E-state index contributed by atoms with van der Waals surface area (Å²) in [5, 5.41) is 1.92. The van der Waals surface area contributed by atoms with E-state index in [0.717, 1.165) is 22.0 Å². The highest BCUT2D eigenvalue weighted by Crippen LogP contribution is 2.27. The van der Waals surface area contributed by atoms with Gasteiger partial charge >= 0.3 is 0 Å². The highest BCUT2D eigenvalue weighted by molar-refractivity contribution is 7.12. The Hall–Kier alpha value is -2.84. The van der Waals surface area contributed by atoms with Crippen molar-refractivity contribution < 1.29 is 13.9 Å². The average Bonchev–Trinajstić information content (AvgIpc) is 3.31. The second kappa shape index (κ2) is 9.53. The summed E-state index contributed by atoms with van der Waals surface area (Å²) in [6.07, 6.45) is 0.384. The number of aromatic nitrogens is 2. The van der Waals surface area contributed by atoms with Gasteiger partial charge in [-0.2, -0.15) is 0 Å². The maximum atomic E-state index is 14.4. The van der Waals surface area contributed by atoms with E-state index in [9.17, 15) is 9.18 Å². The predicted octanol–water partition coefficient (Wildman–Crippen LogP) is 3.69. The van der Waals surface area contributed by atoms with Crippen LogP contribution < -0.4 is 4.90 Å². The van der Waals surface area contributed by atoms with E-state index in [-0.39, 0.29) is 11.7 Å². The van der Waals surface area contributed by atoms with Crippen molar-refractivity contribution in [1.82, 2.24) is 14.9 Å². The van der Waals surface area contributed by atoms with Crippen molar-refractivity contribution in [1.29, 1.82) is 0 Å². The van der Waals surface area contributed by atoms with Crippen molar-refractivity contribution in [2.24, 2.45) is 0 Å². The quantitative estimate of drug-likeness (QED) is 0.585. The summed E-state index contributed by atoms with van der Waals surface area (Å²) in [7, 11) is 1.62. The molecule has 0 unspecified atom stereocenters. The molecular weight excluding hydrogens is 415 g/mol. The minimum absolute atomic E-state index is 0.0696. The van der Waals surface area contributed by atoms with Crippen LogP contribution in [0.2, 0.25) is 0 Å². The van der Waals surface area contributed by atoms with Gasteiger partial charge < -0.3 is 14.5 Å². The van der Waals surface area contributed by atoms with E-state index in [0.29, 0.717) is 50.6 Å². The van der Waals surface area contributed by atoms with Crippen LogP contribution in [-0.2, 0) is 17.8 Å². The third-order valence-electron chi connectivity index (χ3n) is 5.39. The molecule has 0 spiro atoms. The molecule has 0 atom stereocenters. The van der Waals surface area contributed by atoms with Crippen LogP contribution in [0.25, 0.3) is 0 Å². The second-order valence-electron chi connectivity index (χ2n) is 7.48. The molecule has 2 aromatic heterocycles. The summed E-state index contributed by atoms with van der Waals surface area (Å²) in [5.41, 5.74) is 2.24. The highest BCUT2D eigenvalue weighted by atomic mass is 32.1. The summed E-state index contributed by atoms with van der Waals surface area (Å²) in [6, 6.07) is 10.5. The van der Waals surface area contributed by atoms with E-state index >= 15 is 0 Å². The number of thiophene rings is 1. The molecule has 1 saturated heterocycles. The van der Waals surface area contributed by atoms with Gasteiger partial charge in [0.15, 0.2) is 0 Å². The zero-order valence-electron chi connectivity index (χ0n) is 17.7. The number of carbonyl (C=O) groups excluding carboxylic acids is 1. The summed E-state index contributed by atoms with van der Waals surface area (Å²) < 4.78 is 19.8. The first-order valence-electron chi connectivity index (χ1n) is 10.2. The number of carbonyl (C=O) groups is 1. The van der Waals surface area contributed by atoms with Crippen LogP contribution >= 0.6 is 11.3 Å². The SMILES string of the molecule is COCc1nc(C)nc(N2CCN(C(=O)c3cccs3)CC2)c1Cc1ccccc1F. The molecule has 31 heavy (non-hydrogen) atoms. The molecular formula is C23H25FN4O2S. The first kappa shape index (κ1) is 21.4. The van der Waals surface area contributed by atoms with E-state index in [1.165, 1.54) is 17.4 Å². The number of ether oxygens (including phenoxy) is 1. The molecule has 0 saturated carbocycles. The van der Waals surface area contributed by atoms with E-state index < -0.39 is 0 Å². The van der Waals surface area contributed by atoms with Gasteiger partial charge in [0.2, 0.25) is 0 Å². The van der Waals surface area contributed by atoms with E-state index in [2.05, 4.69) is 9.88 Å². The van der Waals surface area contributed by atoms with Gasteiger partial charge in [-0.15, -0.1) is 11.3 Å². The van der Waals surface area contributed by atoms with Crippen LogP contribution in [0, 0.1) is 12.7 Å². The molecule has 0 aliphatic carbocycles. The van der Waals surface area contributed by atoms with Crippen molar-refractivity contribution in [3.8, 4) is 0 Å². The van der Waals surface area contributed by atoms with Crippen LogP contribution in [-0.4, -0.2) is 54.1 Å². The molecule has 1 amide bonds. The minimum atomic E-state index is -0.247. The molecule has 0 bridgehead atoms. The van der Waals surface area contributed by atoms with Crippen LogP contribution in [0.4, 0.5) is 10.2 Å². The molecule has 1 fully saturated rings. The minimum Gasteiger partial charge on any atom is -0.378 e. The molecule has 0 radical (unpaired) electrons. The zero-order chi connectivity index (χ0) is 21.8. The molecule has 3 heterocycles. The predicted molar refractivity (Wildman–Crippen MR) is 119 cm³/mol. The maximum Gasteiger partial charge on any atom is 0.264 e. The van der Waals surface area contributed by atoms with Crippen molar-refractivity contribution in [2.75, 3.05) is 38.2 Å². The Labute approximate surface area is 185 Å². The van der Waals surface area contributed by atoms with E-state index in [1.807, 2.05) is 35.4 Å². The topological polar surface area (TPSA) is 58.6 Å². The van der Waals surface area contributed by atoms with Gasteiger partial charge in [-0.3, -0.25) is 4.79 Å². The lowest BCUT2D eigenvalue weighted by molar-refractivity contribution is 0.0751. The summed E-state index contributed by atoms with van der Waals surface area (Å²) >= 11 is 1.46. The first-order chi connectivity index (χ1) is 15.1. The van der Waals surface area contributed by atoms with Crippen LogP contribution in [0.5, 0.6) is 0 Å². The van der Waals surface area contributed by atoms with Crippen molar-refractivity contribution >= 4 is 23.1 Å². The number of aryl methyl sites for hydroxylation is 1. The number of benzene rings is 1. The second-order valence-corrected chi connectivity index (χ2v) is 8.43. The van der Waals surface area contributed by atoms with Crippen LogP contribution in [0.15, 0.2) is 41.8 Å². The Morgan fingerprint density at radius 3 is 2.58 bits per heavy atom. The summed E-state index contributed by atoms with van der Waals surface area (Å²) in [6.45, 7) is 4.72. The van der Waals surface area contributed by atoms with Gasteiger partial charge in [0.25, 0.3) is 5.91 Å². The lowest BCUT2D eigenvalue weighted by Gasteiger charge is -2.36. The molecule has 8 heteroatoms. The lowest BCUT2D eigenvalue weighted by atomic mass is 10.0. The highest BCUT2D eigenvalue weighted by Gasteiger charge is 2.26. The van der Waals surface area contributed by atoms with Crippen molar-refractivity contribution in [2.45, 2.75) is 20.0 Å². The van der Waals surface area contributed by atoms with Gasteiger partial charge in [-0.05, 0) is 30.0 Å². The molecule has 1 aliphatic rings. The Morgan fingerprint density at radius 1 is 1.13 bits per heavy atom. The number of rotatable bonds is 6. The average molecular weight is 441 g/mol. The van der Waals surface area contributed by atoms with Crippen LogP contribution in [0.1, 0.15) is 32.3 Å². The number of hydrogen-bond acceptors (Lipinski definition) is 6. The molecule has 4 rings (SSSR count). The third kappa shape index (κ3) is 4.75. The fourth-order valence-electron chi connectivity index (χ4n) is 3.85. The molecule has 1 aliphatic heterocycles. The Balaban J connectivity index is 1.60. The zero-order valence-corrected chi connectivity index (χ0v) is 18.5. The number of hydrogen-bond donors (Lipinski definition) is 0. The monoisotopic (exact) mass is 440 g/mol. The molecule has 3 aromatic rings. The van der Waals surface area contributed by atoms with Gasteiger partial charge in [0.05, 0.1) is 17.2 Å². The van der Waals surface area contributed by atoms with E-state index in [4.69, 9.17) is 9.72 Å². The number of nitrogens with zero attached hydrogens (tertiary/aromatic N) is 4. The number of amides is 1. The Bertz CT molecular complexity index is 1050. The molecule has 162 valence electrons. The fourth-order valence-corrected chi connectivity index (χ4v) is 4.54. The van der Waals surface area contributed by atoms with Gasteiger partial charge in [-0.1, -0.05) is 24.3 Å². The molecule has 0 N–H and O–H groups in total. The third-order valence-corrected chi connectivity index (χ3v) is 6.25. The first-order valence-corrected chi connectivity index (χ1v) is 11.1. The van der Waals surface area contributed by atoms with Crippen LogP contribution in [0.3, 0.4) is 0 Å². The summed E-state index contributed by atoms with van der Waals surface area (Å²) in [5.74, 6) is 1.27. The standard InChI is InChI=1S/C23H25FN4O2S/c1-16-25-20(15-30-2)18(14-17-6-3-4-7-19(17)24)22(26-16)27-9-11-28(12-10-27)23(29)21-8-5-13-31-21/h3-8,13H,9-12,14-15H2,1-2H3. The lowest BCUT2D eigenvalue weighted by Crippen LogP contribution is -2.49. The molecule has 1 aromatic carbocycles. The van der Waals surface area contributed by atoms with Gasteiger partial charge in [0.1, 0.15) is 17.5 Å². The summed E-state index contributed by atoms with van der Waals surface area (Å²) in [4.78, 5) is 26.8. The maximum absolute atomic E-state index is 14.4. The largest absolute Gasteiger partial charge is 0.378 e.